The van der Waals surface area contributed by atoms with Crippen molar-refractivity contribution < 1.29 is 18.1 Å². The number of rotatable bonds is 5. The van der Waals surface area contributed by atoms with Crippen molar-refractivity contribution in [3.8, 4) is 0 Å². The molecule has 2 saturated carbocycles. The van der Waals surface area contributed by atoms with Gasteiger partial charge in [-0.15, -0.1) is 0 Å². The Morgan fingerprint density at radius 3 is 2.58 bits per heavy atom. The molecule has 1 saturated heterocycles. The first kappa shape index (κ1) is 21.7. The van der Waals surface area contributed by atoms with Crippen LogP contribution in [-0.2, 0) is 17.2 Å². The fourth-order valence-electron chi connectivity index (χ4n) is 5.92. The molecule has 0 spiro atoms. The number of aromatic nitrogens is 2. The van der Waals surface area contributed by atoms with Crippen molar-refractivity contribution in [2.75, 3.05) is 23.4 Å². The first-order valence-corrected chi connectivity index (χ1v) is 12.9. The maximum atomic E-state index is 14.4. The Balaban J connectivity index is 1.31. The van der Waals surface area contributed by atoms with Crippen LogP contribution >= 0.6 is 11.6 Å². The lowest BCUT2D eigenvalue weighted by Gasteiger charge is -2.42. The van der Waals surface area contributed by atoms with E-state index in [4.69, 9.17) is 11.6 Å². The Morgan fingerprint density at radius 1 is 1.21 bits per heavy atom. The number of nitrogens with one attached hydrogen (secondary N) is 1. The molecule has 0 amide bonds. The Labute approximate surface area is 198 Å². The van der Waals surface area contributed by atoms with Crippen LogP contribution in [0.2, 0.25) is 5.02 Å². The summed E-state index contributed by atoms with van der Waals surface area (Å²) < 4.78 is 41.3. The van der Waals surface area contributed by atoms with Gasteiger partial charge in [0.2, 0.25) is 5.95 Å². The molecule has 1 aromatic carbocycles. The molecule has 0 radical (unpaired) electrons. The summed E-state index contributed by atoms with van der Waals surface area (Å²) in [4.78, 5) is 11.2. The standard InChI is InChI=1S/C23H25ClF2N4O2S/c24-15-4-2-13(3-5-15)17-9-16-8-14(17)11-30(16)21-27-18-10-23(25,26)33(32)19(18)20(28-21)29-22(12-31)6-1-7-22/h2-5,14,16-17,31H,1,6-12H2,(H,27,28,29)/t14?,16?,17?,33-/m0/s1. The number of hydrogen-bond acceptors (Lipinski definition) is 6. The highest BCUT2D eigenvalue weighted by Gasteiger charge is 2.51. The summed E-state index contributed by atoms with van der Waals surface area (Å²) in [5.74, 6) is 1.46. The lowest BCUT2D eigenvalue weighted by Crippen LogP contribution is -2.49. The zero-order valence-corrected chi connectivity index (χ0v) is 19.5. The zero-order chi connectivity index (χ0) is 23.0. The van der Waals surface area contributed by atoms with Crippen molar-refractivity contribution in [3.63, 3.8) is 0 Å². The first-order valence-electron chi connectivity index (χ1n) is 11.4. The van der Waals surface area contributed by atoms with Gasteiger partial charge in [-0.1, -0.05) is 23.7 Å². The summed E-state index contributed by atoms with van der Waals surface area (Å²) in [6.45, 7) is 0.627. The van der Waals surface area contributed by atoms with Crippen LogP contribution in [0.4, 0.5) is 20.5 Å². The van der Waals surface area contributed by atoms with Gasteiger partial charge in [0, 0.05) is 17.6 Å². The predicted octanol–water partition coefficient (Wildman–Crippen LogP) is 4.10. The molecule has 6 rings (SSSR count). The van der Waals surface area contributed by atoms with E-state index in [1.807, 2.05) is 12.1 Å². The minimum Gasteiger partial charge on any atom is -0.394 e. The number of hydrogen-bond donors (Lipinski definition) is 2. The number of halogens is 3. The average Bonchev–Trinajstić information content (AvgIpc) is 3.43. The molecule has 10 heteroatoms. The molecule has 3 unspecified atom stereocenters. The molecule has 3 fully saturated rings. The Kier molecular flexibility index (Phi) is 4.98. The molecule has 2 aromatic rings. The minimum atomic E-state index is -3.36. The molecule has 1 aromatic heterocycles. The lowest BCUT2D eigenvalue weighted by molar-refractivity contribution is 0.104. The molecular weight excluding hydrogens is 470 g/mol. The van der Waals surface area contributed by atoms with E-state index < -0.39 is 28.0 Å². The fourth-order valence-corrected chi connectivity index (χ4v) is 7.21. The van der Waals surface area contributed by atoms with Gasteiger partial charge >= 0.3 is 5.25 Å². The van der Waals surface area contributed by atoms with Gasteiger partial charge in [0.25, 0.3) is 0 Å². The second kappa shape index (κ2) is 7.58. The van der Waals surface area contributed by atoms with Crippen LogP contribution in [0.1, 0.15) is 49.3 Å². The second-order valence-corrected chi connectivity index (χ2v) is 11.8. The number of piperidine rings is 1. The van der Waals surface area contributed by atoms with Gasteiger partial charge < -0.3 is 15.3 Å². The molecule has 2 aliphatic heterocycles. The summed E-state index contributed by atoms with van der Waals surface area (Å²) in [7, 11) is -2.51. The SMILES string of the molecule is O=[S@]1c2c(nc(N3CC4CC3CC4c3ccc(Cl)cc3)nc2NC2(CO)CCC2)CC1(F)F. The highest BCUT2D eigenvalue weighted by molar-refractivity contribution is 7.86. The summed E-state index contributed by atoms with van der Waals surface area (Å²) in [5.41, 5.74) is 0.828. The van der Waals surface area contributed by atoms with Crippen molar-refractivity contribution in [2.45, 2.75) is 66.2 Å². The smallest absolute Gasteiger partial charge is 0.331 e. The highest BCUT2D eigenvalue weighted by Crippen LogP contribution is 2.50. The Bertz CT molecular complexity index is 1120. The van der Waals surface area contributed by atoms with Crippen molar-refractivity contribution in [1.82, 2.24) is 9.97 Å². The van der Waals surface area contributed by atoms with Gasteiger partial charge in [0.05, 0.1) is 24.3 Å². The monoisotopic (exact) mass is 494 g/mol. The number of aliphatic hydroxyl groups excluding tert-OH is 1. The molecule has 2 N–H and O–H groups in total. The largest absolute Gasteiger partial charge is 0.394 e. The molecular formula is C23H25ClF2N4O2S. The molecule has 4 aliphatic rings. The van der Waals surface area contributed by atoms with Crippen LogP contribution in [0.5, 0.6) is 0 Å². The average molecular weight is 495 g/mol. The van der Waals surface area contributed by atoms with Gasteiger partial charge in [0.1, 0.15) is 21.5 Å². The van der Waals surface area contributed by atoms with E-state index in [2.05, 4.69) is 32.3 Å². The number of aliphatic hydroxyl groups is 1. The van der Waals surface area contributed by atoms with Gasteiger partial charge in [-0.2, -0.15) is 13.8 Å². The highest BCUT2D eigenvalue weighted by atomic mass is 35.5. The van der Waals surface area contributed by atoms with E-state index in [0.717, 1.165) is 43.7 Å². The van der Waals surface area contributed by atoms with Crippen molar-refractivity contribution in [2.24, 2.45) is 5.92 Å². The first-order chi connectivity index (χ1) is 15.8. The number of benzene rings is 1. The Morgan fingerprint density at radius 2 is 1.97 bits per heavy atom. The summed E-state index contributed by atoms with van der Waals surface area (Å²) in [6.07, 6.45) is 3.67. The quantitative estimate of drug-likeness (QED) is 0.651. The summed E-state index contributed by atoms with van der Waals surface area (Å²) in [5, 5.41) is 10.4. The van der Waals surface area contributed by atoms with Crippen LogP contribution in [0.15, 0.2) is 29.2 Å². The van der Waals surface area contributed by atoms with E-state index in [0.29, 0.717) is 17.8 Å². The summed E-state index contributed by atoms with van der Waals surface area (Å²) >= 11 is 6.04. The number of alkyl halides is 2. The van der Waals surface area contributed by atoms with E-state index in [1.165, 1.54) is 5.56 Å². The van der Waals surface area contributed by atoms with Crippen LogP contribution in [0.25, 0.3) is 0 Å². The van der Waals surface area contributed by atoms with Crippen molar-refractivity contribution >= 4 is 34.2 Å². The Hall–Kier alpha value is -1.84. The molecule has 2 bridgehead atoms. The third kappa shape index (κ3) is 3.46. The lowest BCUT2D eigenvalue weighted by atomic mass is 9.77. The molecule has 6 nitrogen and oxygen atoms in total. The fraction of sp³-hybridized carbons (Fsp3) is 0.565. The van der Waals surface area contributed by atoms with Gasteiger partial charge in [-0.3, -0.25) is 0 Å². The molecule has 33 heavy (non-hydrogen) atoms. The van der Waals surface area contributed by atoms with E-state index in [-0.39, 0.29) is 29.1 Å². The maximum absolute atomic E-state index is 14.4. The topological polar surface area (TPSA) is 78.4 Å². The van der Waals surface area contributed by atoms with Crippen LogP contribution < -0.4 is 10.2 Å². The van der Waals surface area contributed by atoms with Crippen molar-refractivity contribution in [3.05, 3.63) is 40.5 Å². The van der Waals surface area contributed by atoms with Crippen LogP contribution in [-0.4, -0.2) is 49.3 Å². The molecule has 176 valence electrons. The maximum Gasteiger partial charge on any atom is 0.331 e. The third-order valence-corrected chi connectivity index (χ3v) is 9.59. The number of anilines is 2. The van der Waals surface area contributed by atoms with E-state index in [1.54, 1.807) is 0 Å². The van der Waals surface area contributed by atoms with Gasteiger partial charge in [-0.05, 0) is 61.6 Å². The predicted molar refractivity (Wildman–Crippen MR) is 122 cm³/mol. The second-order valence-electron chi connectivity index (χ2n) is 9.84. The van der Waals surface area contributed by atoms with Gasteiger partial charge in [-0.25, -0.2) is 9.19 Å². The van der Waals surface area contributed by atoms with E-state index in [9.17, 15) is 18.1 Å². The number of fused-ring (bicyclic) bond motifs is 3. The molecule has 2 aliphatic carbocycles. The van der Waals surface area contributed by atoms with E-state index >= 15 is 0 Å². The minimum absolute atomic E-state index is 0.00753. The van der Waals surface area contributed by atoms with Crippen LogP contribution in [0.3, 0.4) is 0 Å². The van der Waals surface area contributed by atoms with Crippen LogP contribution in [0, 0.1) is 5.92 Å². The van der Waals surface area contributed by atoms with Gasteiger partial charge in [0.15, 0.2) is 0 Å². The zero-order valence-electron chi connectivity index (χ0n) is 17.9. The molecule has 4 atom stereocenters. The van der Waals surface area contributed by atoms with Crippen molar-refractivity contribution in [1.29, 1.82) is 0 Å². The summed E-state index contributed by atoms with van der Waals surface area (Å²) in [6, 6.07) is 8.22. The third-order valence-electron chi connectivity index (χ3n) is 7.85. The molecule has 3 heterocycles. The number of nitrogens with zero attached hydrogens (tertiary/aromatic N) is 3. The normalized spacial score (nSPS) is 30.8.